The molecule has 0 saturated carbocycles. The summed E-state index contributed by atoms with van der Waals surface area (Å²) in [6.07, 6.45) is 2.67. The number of anilines is 1. The summed E-state index contributed by atoms with van der Waals surface area (Å²) in [4.78, 5) is 14.7. The molecule has 0 unspecified atom stereocenters. The van der Waals surface area contributed by atoms with E-state index in [9.17, 15) is 4.79 Å². The van der Waals surface area contributed by atoms with E-state index in [1.165, 1.54) is 23.1 Å². The summed E-state index contributed by atoms with van der Waals surface area (Å²) in [6.45, 7) is 4.28. The third-order valence-electron chi connectivity index (χ3n) is 2.58. The Morgan fingerprint density at radius 2 is 2.43 bits per heavy atom. The number of hydrogen-bond donors (Lipinski definition) is 2. The van der Waals surface area contributed by atoms with Crippen molar-refractivity contribution in [1.82, 2.24) is 15.2 Å². The number of aromatic nitrogens is 3. The van der Waals surface area contributed by atoms with Crippen LogP contribution in [0.3, 0.4) is 0 Å². The lowest BCUT2D eigenvalue weighted by Gasteiger charge is -2.01. The van der Waals surface area contributed by atoms with Gasteiger partial charge in [0.2, 0.25) is 5.13 Å². The third kappa shape index (κ3) is 5.49. The number of Topliss-reactive ketones (excluding diaryl/α,β-unsaturated/α-hetero) is 1. The molecular weight excluding hydrogens is 308 g/mol. The molecular formula is C13H18N4O2S2. The van der Waals surface area contributed by atoms with Crippen LogP contribution in [0.25, 0.3) is 0 Å². The molecule has 21 heavy (non-hydrogen) atoms. The summed E-state index contributed by atoms with van der Waals surface area (Å²) in [5.74, 6) is 0.422. The van der Waals surface area contributed by atoms with Crippen molar-refractivity contribution in [1.29, 1.82) is 0 Å². The fraction of sp³-hybridized carbons (Fsp3) is 0.462. The Labute approximate surface area is 131 Å². The van der Waals surface area contributed by atoms with Crippen LogP contribution in [0, 0.1) is 0 Å². The van der Waals surface area contributed by atoms with Crippen molar-refractivity contribution >= 4 is 34.0 Å². The Hall–Kier alpha value is -1.38. The normalized spacial score (nSPS) is 10.7. The molecule has 0 aliphatic heterocycles. The molecule has 0 aliphatic carbocycles. The molecule has 0 fully saturated rings. The number of ether oxygens (including phenoxy) is 1. The maximum Gasteiger partial charge on any atom is 0.206 e. The van der Waals surface area contributed by atoms with Crippen molar-refractivity contribution < 1.29 is 9.53 Å². The molecule has 114 valence electrons. The van der Waals surface area contributed by atoms with Gasteiger partial charge in [-0.3, -0.25) is 4.79 Å². The molecule has 0 radical (unpaired) electrons. The van der Waals surface area contributed by atoms with E-state index in [0.717, 1.165) is 35.7 Å². The van der Waals surface area contributed by atoms with E-state index in [2.05, 4.69) is 20.5 Å². The topological polar surface area (TPSA) is 79.9 Å². The van der Waals surface area contributed by atoms with E-state index < -0.39 is 0 Å². The lowest BCUT2D eigenvalue weighted by atomic mass is 10.3. The van der Waals surface area contributed by atoms with Crippen molar-refractivity contribution in [3.8, 4) is 0 Å². The predicted molar refractivity (Wildman–Crippen MR) is 85.4 cm³/mol. The summed E-state index contributed by atoms with van der Waals surface area (Å²) >= 11 is 2.87. The second kappa shape index (κ2) is 8.81. The van der Waals surface area contributed by atoms with E-state index in [-0.39, 0.29) is 5.78 Å². The molecule has 2 heterocycles. The Kier molecular flexibility index (Phi) is 6.71. The molecule has 0 atom stereocenters. The van der Waals surface area contributed by atoms with Crippen LogP contribution < -0.4 is 5.32 Å². The van der Waals surface area contributed by atoms with Gasteiger partial charge in [-0.15, -0.1) is 10.2 Å². The maximum atomic E-state index is 11.8. The van der Waals surface area contributed by atoms with Crippen LogP contribution in [-0.2, 0) is 4.74 Å². The Morgan fingerprint density at radius 1 is 1.52 bits per heavy atom. The summed E-state index contributed by atoms with van der Waals surface area (Å²) in [5.41, 5.74) is 0.626. The molecule has 0 aromatic carbocycles. The van der Waals surface area contributed by atoms with Crippen LogP contribution in [0.5, 0.6) is 0 Å². The lowest BCUT2D eigenvalue weighted by molar-refractivity contribution is 0.101. The number of carbonyl (C=O) groups excluding carboxylic acids is 1. The second-order valence-electron chi connectivity index (χ2n) is 4.15. The molecule has 0 spiro atoms. The highest BCUT2D eigenvalue weighted by atomic mass is 32.2. The van der Waals surface area contributed by atoms with E-state index >= 15 is 0 Å². The number of thioether (sulfide) groups is 1. The van der Waals surface area contributed by atoms with Gasteiger partial charge in [0, 0.05) is 26.0 Å². The minimum absolute atomic E-state index is 0.0615. The number of ketones is 1. The minimum atomic E-state index is 0.0615. The quantitative estimate of drug-likeness (QED) is 0.397. The zero-order chi connectivity index (χ0) is 14.9. The van der Waals surface area contributed by atoms with E-state index in [4.69, 9.17) is 4.74 Å². The lowest BCUT2D eigenvalue weighted by Crippen LogP contribution is -2.05. The van der Waals surface area contributed by atoms with E-state index in [0.29, 0.717) is 11.4 Å². The maximum absolute atomic E-state index is 11.8. The van der Waals surface area contributed by atoms with Crippen molar-refractivity contribution in [2.24, 2.45) is 0 Å². The largest absolute Gasteiger partial charge is 0.382 e. The molecule has 2 N–H and O–H groups in total. The highest BCUT2D eigenvalue weighted by Gasteiger charge is 2.10. The van der Waals surface area contributed by atoms with Crippen LogP contribution in [0.4, 0.5) is 5.13 Å². The van der Waals surface area contributed by atoms with Crippen LogP contribution >= 0.6 is 23.1 Å². The highest BCUT2D eigenvalue weighted by molar-refractivity contribution is 8.01. The van der Waals surface area contributed by atoms with Gasteiger partial charge in [-0.1, -0.05) is 23.1 Å². The van der Waals surface area contributed by atoms with Gasteiger partial charge in [-0.25, -0.2) is 0 Å². The van der Waals surface area contributed by atoms with Crippen molar-refractivity contribution in [3.63, 3.8) is 0 Å². The van der Waals surface area contributed by atoms with Crippen LogP contribution in [0.2, 0.25) is 0 Å². The van der Waals surface area contributed by atoms with Gasteiger partial charge in [-0.2, -0.15) is 0 Å². The van der Waals surface area contributed by atoms with Gasteiger partial charge < -0.3 is 15.0 Å². The number of aromatic amines is 1. The molecule has 0 amide bonds. The molecule has 2 aromatic rings. The minimum Gasteiger partial charge on any atom is -0.382 e. The standard InChI is InChI=1S/C13H18N4O2S2/c1-2-19-8-4-7-15-12-16-17-13(21-12)20-9-11(18)10-5-3-6-14-10/h3,5-6,14H,2,4,7-9H2,1H3,(H,15,16). The van der Waals surface area contributed by atoms with Gasteiger partial charge in [0.05, 0.1) is 11.4 Å². The zero-order valence-electron chi connectivity index (χ0n) is 11.8. The molecule has 0 bridgehead atoms. The fourth-order valence-corrected chi connectivity index (χ4v) is 3.22. The summed E-state index contributed by atoms with van der Waals surface area (Å²) in [7, 11) is 0. The van der Waals surface area contributed by atoms with Gasteiger partial charge in [0.25, 0.3) is 0 Å². The van der Waals surface area contributed by atoms with Crippen LogP contribution in [0.15, 0.2) is 22.7 Å². The second-order valence-corrected chi connectivity index (χ2v) is 6.35. The summed E-state index contributed by atoms with van der Waals surface area (Å²) in [5, 5.41) is 12.1. The van der Waals surface area contributed by atoms with Crippen LogP contribution in [-0.4, -0.2) is 46.5 Å². The van der Waals surface area contributed by atoms with Gasteiger partial charge >= 0.3 is 0 Å². The van der Waals surface area contributed by atoms with Gasteiger partial charge in [0.15, 0.2) is 10.1 Å². The number of hydrogen-bond acceptors (Lipinski definition) is 7. The van der Waals surface area contributed by atoms with Crippen molar-refractivity contribution in [2.75, 3.05) is 30.8 Å². The Bertz CT molecular complexity index is 542. The first-order valence-corrected chi connectivity index (χ1v) is 8.54. The summed E-state index contributed by atoms with van der Waals surface area (Å²) < 4.78 is 6.05. The molecule has 2 aromatic heterocycles. The summed E-state index contributed by atoms with van der Waals surface area (Å²) in [6, 6.07) is 3.58. The number of rotatable bonds is 10. The SMILES string of the molecule is CCOCCCNc1nnc(SCC(=O)c2ccc[nH]2)s1. The Balaban J connectivity index is 1.69. The predicted octanol–water partition coefficient (Wildman–Crippen LogP) is 2.68. The smallest absolute Gasteiger partial charge is 0.206 e. The van der Waals surface area contributed by atoms with E-state index in [1.807, 2.05) is 13.0 Å². The molecule has 8 heteroatoms. The highest BCUT2D eigenvalue weighted by Crippen LogP contribution is 2.25. The fourth-order valence-electron chi connectivity index (χ4n) is 1.56. The number of H-pyrrole nitrogens is 1. The first kappa shape index (κ1) is 16.0. The monoisotopic (exact) mass is 326 g/mol. The van der Waals surface area contributed by atoms with Crippen molar-refractivity contribution in [2.45, 2.75) is 17.7 Å². The third-order valence-corrected chi connectivity index (χ3v) is 4.59. The number of carbonyl (C=O) groups is 1. The first-order valence-electron chi connectivity index (χ1n) is 6.74. The van der Waals surface area contributed by atoms with Crippen LogP contribution in [0.1, 0.15) is 23.8 Å². The average molecular weight is 326 g/mol. The molecule has 0 aliphatic rings. The number of nitrogens with zero attached hydrogens (tertiary/aromatic N) is 2. The van der Waals surface area contributed by atoms with E-state index in [1.54, 1.807) is 12.3 Å². The van der Waals surface area contributed by atoms with Gasteiger partial charge in [-0.05, 0) is 25.5 Å². The van der Waals surface area contributed by atoms with Crippen molar-refractivity contribution in [3.05, 3.63) is 24.0 Å². The zero-order valence-corrected chi connectivity index (χ0v) is 13.4. The molecule has 6 nitrogen and oxygen atoms in total. The van der Waals surface area contributed by atoms with Gasteiger partial charge in [0.1, 0.15) is 0 Å². The first-order chi connectivity index (χ1) is 10.3. The average Bonchev–Trinajstić information content (AvgIpc) is 3.16. The Morgan fingerprint density at radius 3 is 3.19 bits per heavy atom. The molecule has 0 saturated heterocycles. The molecule has 2 rings (SSSR count). The number of nitrogens with one attached hydrogen (secondary N) is 2.